The van der Waals surface area contributed by atoms with Gasteiger partial charge in [-0.05, 0) is 80.6 Å². The van der Waals surface area contributed by atoms with Gasteiger partial charge in [0.1, 0.15) is 11.6 Å². The molecule has 0 unspecified atom stereocenters. The summed E-state index contributed by atoms with van der Waals surface area (Å²) in [5, 5.41) is 0. The maximum absolute atomic E-state index is 13.4. The summed E-state index contributed by atoms with van der Waals surface area (Å²) in [5.74, 6) is 0.921. The van der Waals surface area contributed by atoms with Crippen molar-refractivity contribution >= 4 is 5.82 Å². The van der Waals surface area contributed by atoms with Gasteiger partial charge in [-0.2, -0.15) is 0 Å². The van der Waals surface area contributed by atoms with E-state index in [1.165, 1.54) is 42.5 Å². The van der Waals surface area contributed by atoms with Crippen molar-refractivity contribution in [3.05, 3.63) is 47.4 Å². The van der Waals surface area contributed by atoms with Gasteiger partial charge in [-0.15, -0.1) is 0 Å². The fourth-order valence-corrected chi connectivity index (χ4v) is 4.19. The van der Waals surface area contributed by atoms with Crippen molar-refractivity contribution in [3.63, 3.8) is 0 Å². The summed E-state index contributed by atoms with van der Waals surface area (Å²) >= 11 is 0. The van der Waals surface area contributed by atoms with E-state index in [9.17, 15) is 4.39 Å². The van der Waals surface area contributed by atoms with E-state index in [0.717, 1.165) is 50.4 Å². The molecule has 0 N–H and O–H groups in total. The number of hydrogen-bond donors (Lipinski definition) is 0. The number of halogens is 1. The van der Waals surface area contributed by atoms with Crippen molar-refractivity contribution in [2.45, 2.75) is 38.5 Å². The van der Waals surface area contributed by atoms with Gasteiger partial charge in [0.05, 0.1) is 0 Å². The molecule has 138 valence electrons. The van der Waals surface area contributed by atoms with E-state index < -0.39 is 0 Å². The SMILES string of the molecule is CN1CCCN(c2cc(-c3ccc(F)cc3)c3c(n2)CCCCC3)CC1. The Labute approximate surface area is 155 Å². The van der Waals surface area contributed by atoms with Crippen LogP contribution in [0.4, 0.5) is 10.2 Å². The van der Waals surface area contributed by atoms with Crippen LogP contribution in [-0.2, 0) is 12.8 Å². The molecule has 1 aromatic carbocycles. The van der Waals surface area contributed by atoms with E-state index in [-0.39, 0.29) is 5.82 Å². The second-order valence-electron chi connectivity index (χ2n) is 7.66. The first-order chi connectivity index (χ1) is 12.7. The molecule has 0 spiro atoms. The number of fused-ring (bicyclic) bond motifs is 1. The van der Waals surface area contributed by atoms with Crippen molar-refractivity contribution in [1.29, 1.82) is 0 Å². The zero-order chi connectivity index (χ0) is 17.9. The lowest BCUT2D eigenvalue weighted by Crippen LogP contribution is -2.29. The van der Waals surface area contributed by atoms with Crippen LogP contribution in [0.15, 0.2) is 30.3 Å². The lowest BCUT2D eigenvalue weighted by atomic mass is 9.95. The molecule has 1 aliphatic heterocycles. The highest BCUT2D eigenvalue weighted by atomic mass is 19.1. The third kappa shape index (κ3) is 3.75. The highest BCUT2D eigenvalue weighted by Crippen LogP contribution is 2.33. The van der Waals surface area contributed by atoms with Crippen molar-refractivity contribution in [1.82, 2.24) is 9.88 Å². The van der Waals surface area contributed by atoms with Gasteiger partial charge in [-0.25, -0.2) is 9.37 Å². The van der Waals surface area contributed by atoms with Crippen molar-refractivity contribution in [2.75, 3.05) is 38.1 Å². The number of pyridine rings is 1. The lowest BCUT2D eigenvalue weighted by Gasteiger charge is -2.24. The number of hydrogen-bond acceptors (Lipinski definition) is 3. The molecule has 4 rings (SSSR count). The Bertz CT molecular complexity index is 757. The molecular formula is C22H28FN3. The van der Waals surface area contributed by atoms with Crippen LogP contribution in [-0.4, -0.2) is 43.1 Å². The number of benzene rings is 1. The average Bonchev–Trinajstić information content (AvgIpc) is 3.01. The summed E-state index contributed by atoms with van der Waals surface area (Å²) in [6, 6.07) is 9.22. The fourth-order valence-electron chi connectivity index (χ4n) is 4.19. The molecule has 0 atom stereocenters. The summed E-state index contributed by atoms with van der Waals surface area (Å²) in [6.07, 6.45) is 7.01. The average molecular weight is 353 g/mol. The molecule has 2 aliphatic rings. The predicted octanol–water partition coefficient (Wildman–Crippen LogP) is 4.30. The Morgan fingerprint density at radius 1 is 0.885 bits per heavy atom. The monoisotopic (exact) mass is 353 g/mol. The maximum Gasteiger partial charge on any atom is 0.129 e. The van der Waals surface area contributed by atoms with Crippen LogP contribution >= 0.6 is 0 Å². The smallest absolute Gasteiger partial charge is 0.129 e. The summed E-state index contributed by atoms with van der Waals surface area (Å²) < 4.78 is 13.4. The fraction of sp³-hybridized carbons (Fsp3) is 0.500. The first-order valence-corrected chi connectivity index (χ1v) is 9.93. The van der Waals surface area contributed by atoms with Gasteiger partial charge in [-0.3, -0.25) is 0 Å². The largest absolute Gasteiger partial charge is 0.355 e. The summed E-state index contributed by atoms with van der Waals surface area (Å²) in [6.45, 7) is 4.29. The molecule has 3 nitrogen and oxygen atoms in total. The minimum Gasteiger partial charge on any atom is -0.355 e. The van der Waals surface area contributed by atoms with Gasteiger partial charge in [0, 0.05) is 25.3 Å². The third-order valence-electron chi connectivity index (χ3n) is 5.74. The zero-order valence-corrected chi connectivity index (χ0v) is 15.7. The molecule has 0 radical (unpaired) electrons. The first kappa shape index (κ1) is 17.5. The van der Waals surface area contributed by atoms with Crippen LogP contribution in [0.1, 0.15) is 36.9 Å². The van der Waals surface area contributed by atoms with E-state index in [2.05, 4.69) is 22.9 Å². The van der Waals surface area contributed by atoms with Crippen LogP contribution in [0.3, 0.4) is 0 Å². The van der Waals surface area contributed by atoms with Crippen molar-refractivity contribution in [2.24, 2.45) is 0 Å². The van der Waals surface area contributed by atoms with Gasteiger partial charge >= 0.3 is 0 Å². The second kappa shape index (κ2) is 7.75. The number of aryl methyl sites for hydroxylation is 1. The zero-order valence-electron chi connectivity index (χ0n) is 15.7. The second-order valence-corrected chi connectivity index (χ2v) is 7.66. The van der Waals surface area contributed by atoms with Gasteiger partial charge in [-0.1, -0.05) is 18.6 Å². The summed E-state index contributed by atoms with van der Waals surface area (Å²) in [5.41, 5.74) is 5.01. The Morgan fingerprint density at radius 2 is 1.69 bits per heavy atom. The molecule has 0 saturated carbocycles. The number of rotatable bonds is 2. The van der Waals surface area contributed by atoms with Crippen LogP contribution in [0.25, 0.3) is 11.1 Å². The van der Waals surface area contributed by atoms with Gasteiger partial charge in [0.2, 0.25) is 0 Å². The van der Waals surface area contributed by atoms with Crippen LogP contribution in [0.2, 0.25) is 0 Å². The summed E-state index contributed by atoms with van der Waals surface area (Å²) in [4.78, 5) is 9.93. The highest BCUT2D eigenvalue weighted by Gasteiger charge is 2.20. The minimum absolute atomic E-state index is 0.176. The normalized spacial score (nSPS) is 18.9. The Morgan fingerprint density at radius 3 is 2.54 bits per heavy atom. The number of nitrogens with zero attached hydrogens (tertiary/aromatic N) is 3. The van der Waals surface area contributed by atoms with E-state index in [1.807, 2.05) is 12.1 Å². The molecule has 26 heavy (non-hydrogen) atoms. The van der Waals surface area contributed by atoms with E-state index in [0.29, 0.717) is 0 Å². The molecule has 0 bridgehead atoms. The third-order valence-corrected chi connectivity index (χ3v) is 5.74. The van der Waals surface area contributed by atoms with Gasteiger partial charge in [0.25, 0.3) is 0 Å². The summed E-state index contributed by atoms with van der Waals surface area (Å²) in [7, 11) is 2.19. The van der Waals surface area contributed by atoms with Gasteiger partial charge in [0.15, 0.2) is 0 Å². The molecule has 2 heterocycles. The predicted molar refractivity (Wildman–Crippen MR) is 105 cm³/mol. The minimum atomic E-state index is -0.176. The van der Waals surface area contributed by atoms with Crippen molar-refractivity contribution < 1.29 is 4.39 Å². The molecule has 1 aromatic heterocycles. The maximum atomic E-state index is 13.4. The van der Waals surface area contributed by atoms with E-state index >= 15 is 0 Å². The number of likely N-dealkylation sites (N-methyl/N-ethyl adjacent to an activating group) is 1. The molecule has 1 fully saturated rings. The highest BCUT2D eigenvalue weighted by molar-refractivity contribution is 5.72. The topological polar surface area (TPSA) is 19.4 Å². The molecule has 2 aromatic rings. The first-order valence-electron chi connectivity index (χ1n) is 9.93. The Kier molecular flexibility index (Phi) is 5.21. The number of anilines is 1. The Balaban J connectivity index is 1.77. The van der Waals surface area contributed by atoms with E-state index in [1.54, 1.807) is 12.1 Å². The van der Waals surface area contributed by atoms with Crippen LogP contribution in [0.5, 0.6) is 0 Å². The quantitative estimate of drug-likeness (QED) is 0.751. The molecule has 1 saturated heterocycles. The van der Waals surface area contributed by atoms with Crippen molar-refractivity contribution in [3.8, 4) is 11.1 Å². The molecule has 4 heteroatoms. The lowest BCUT2D eigenvalue weighted by molar-refractivity contribution is 0.360. The van der Waals surface area contributed by atoms with Gasteiger partial charge < -0.3 is 9.80 Å². The van der Waals surface area contributed by atoms with E-state index in [4.69, 9.17) is 4.98 Å². The molecular weight excluding hydrogens is 325 g/mol. The Hall–Kier alpha value is -1.94. The standard InChI is InChI=1S/C22H28FN3/c1-25-12-5-13-26(15-14-25)22-16-20(17-8-10-18(23)11-9-17)19-6-3-2-4-7-21(19)24-22/h8-11,16H,2-7,12-15H2,1H3. The van der Waals surface area contributed by atoms with Crippen LogP contribution < -0.4 is 4.90 Å². The number of aromatic nitrogens is 1. The molecule has 1 aliphatic carbocycles. The van der Waals surface area contributed by atoms with Crippen LogP contribution in [0, 0.1) is 5.82 Å². The molecule has 0 amide bonds.